The third-order valence-electron chi connectivity index (χ3n) is 2.79. The first-order valence-electron chi connectivity index (χ1n) is 5.29. The number of methoxy groups -OCH3 is 1. The van der Waals surface area contributed by atoms with Gasteiger partial charge in [0.1, 0.15) is 0 Å². The molecule has 0 spiro atoms. The lowest BCUT2D eigenvalue weighted by Gasteiger charge is -2.11. The topological polar surface area (TPSA) is 38.3 Å². The van der Waals surface area contributed by atoms with Crippen molar-refractivity contribution >= 4 is 28.9 Å². The van der Waals surface area contributed by atoms with Crippen molar-refractivity contribution in [3.8, 4) is 0 Å². The molecule has 0 aliphatic heterocycles. The van der Waals surface area contributed by atoms with Crippen LogP contribution in [0.15, 0.2) is 6.07 Å². The summed E-state index contributed by atoms with van der Waals surface area (Å²) in [7, 11) is 1.41. The van der Waals surface area contributed by atoms with Crippen LogP contribution in [-0.4, -0.2) is 19.6 Å². The average molecular weight is 260 g/mol. The maximum atomic E-state index is 11.0. The van der Waals surface area contributed by atoms with Crippen LogP contribution in [0.5, 0.6) is 0 Å². The molecule has 5 heteroatoms. The fourth-order valence-corrected chi connectivity index (χ4v) is 3.35. The lowest BCUT2D eigenvalue weighted by molar-refractivity contribution is -0.140. The fourth-order valence-electron chi connectivity index (χ4n) is 1.99. The minimum absolute atomic E-state index is 0.172. The van der Waals surface area contributed by atoms with Crippen LogP contribution >= 0.6 is 22.9 Å². The number of carbonyl (C=O) groups excluding carboxylic acids is 1. The van der Waals surface area contributed by atoms with E-state index in [2.05, 4.69) is 10.1 Å². The summed E-state index contributed by atoms with van der Waals surface area (Å²) in [5, 5.41) is 3.36. The van der Waals surface area contributed by atoms with Gasteiger partial charge in [0.25, 0.3) is 0 Å². The van der Waals surface area contributed by atoms with Crippen LogP contribution in [0, 0.1) is 0 Å². The van der Waals surface area contributed by atoms with Gasteiger partial charge in [-0.3, -0.25) is 4.79 Å². The Morgan fingerprint density at radius 1 is 1.75 bits per heavy atom. The second-order valence-electron chi connectivity index (χ2n) is 3.80. The molecule has 3 nitrogen and oxygen atoms in total. The zero-order valence-corrected chi connectivity index (χ0v) is 10.7. The molecule has 0 aromatic carbocycles. The van der Waals surface area contributed by atoms with Crippen molar-refractivity contribution < 1.29 is 9.53 Å². The van der Waals surface area contributed by atoms with Gasteiger partial charge in [-0.2, -0.15) is 0 Å². The molecule has 88 valence electrons. The van der Waals surface area contributed by atoms with Crippen molar-refractivity contribution in [2.24, 2.45) is 0 Å². The molecule has 1 atom stereocenters. The number of ether oxygens (including phenoxy) is 1. The maximum absolute atomic E-state index is 11.0. The summed E-state index contributed by atoms with van der Waals surface area (Å²) in [6.45, 7) is 0.657. The Morgan fingerprint density at radius 2 is 2.56 bits per heavy atom. The number of esters is 1. The molecule has 16 heavy (non-hydrogen) atoms. The second kappa shape index (κ2) is 5.17. The van der Waals surface area contributed by atoms with Crippen molar-refractivity contribution in [3.05, 3.63) is 20.8 Å². The molecule has 0 saturated carbocycles. The van der Waals surface area contributed by atoms with Gasteiger partial charge in [-0.05, 0) is 24.5 Å². The van der Waals surface area contributed by atoms with E-state index in [0.717, 1.165) is 17.2 Å². The molecule has 0 bridgehead atoms. The lowest BCUT2D eigenvalue weighted by Crippen LogP contribution is -2.22. The number of thiophene rings is 1. The van der Waals surface area contributed by atoms with Crippen LogP contribution in [0.25, 0.3) is 0 Å². The predicted octanol–water partition coefficient (Wildman–Crippen LogP) is 2.54. The van der Waals surface area contributed by atoms with Gasteiger partial charge in [-0.25, -0.2) is 0 Å². The summed E-state index contributed by atoms with van der Waals surface area (Å²) in [5.41, 5.74) is 1.31. The summed E-state index contributed by atoms with van der Waals surface area (Å²) in [6, 6.07) is 2.38. The minimum atomic E-state index is -0.172. The number of aryl methyl sites for hydroxylation is 1. The molecule has 0 amide bonds. The van der Waals surface area contributed by atoms with Crippen molar-refractivity contribution in [1.82, 2.24) is 5.32 Å². The lowest BCUT2D eigenvalue weighted by atomic mass is 10.2. The second-order valence-corrected chi connectivity index (χ2v) is 5.57. The number of carbonyl (C=O) groups is 1. The number of nitrogens with one attached hydrogen (secondary N) is 1. The molecular formula is C11H14ClNO2S. The average Bonchev–Trinajstić information content (AvgIpc) is 2.78. The largest absolute Gasteiger partial charge is 0.469 e. The SMILES string of the molecule is COC(=O)CCNC1CCc2sc(Cl)cc21. The zero-order chi connectivity index (χ0) is 11.5. The van der Waals surface area contributed by atoms with E-state index in [1.807, 2.05) is 6.07 Å². The zero-order valence-electron chi connectivity index (χ0n) is 9.09. The van der Waals surface area contributed by atoms with Crippen molar-refractivity contribution in [1.29, 1.82) is 0 Å². The Labute approximate surface area is 104 Å². The molecule has 1 N–H and O–H groups in total. The van der Waals surface area contributed by atoms with Gasteiger partial charge < -0.3 is 10.1 Å². The molecule has 0 radical (unpaired) electrons. The third-order valence-corrected chi connectivity index (χ3v) is 4.13. The van der Waals surface area contributed by atoms with E-state index in [1.165, 1.54) is 17.6 Å². The molecular weight excluding hydrogens is 246 g/mol. The Hall–Kier alpha value is -0.580. The normalized spacial score (nSPS) is 18.5. The Bertz CT molecular complexity index is 391. The summed E-state index contributed by atoms with van der Waals surface area (Å²) in [5.74, 6) is -0.172. The van der Waals surface area contributed by atoms with Gasteiger partial charge in [-0.1, -0.05) is 11.6 Å². The standard InChI is InChI=1S/C11H14ClNO2S/c1-15-11(14)4-5-13-8-2-3-9-7(8)6-10(12)16-9/h6,8,13H,2-5H2,1H3. The van der Waals surface area contributed by atoms with Gasteiger partial charge in [0.05, 0.1) is 17.9 Å². The van der Waals surface area contributed by atoms with Crippen LogP contribution in [-0.2, 0) is 16.0 Å². The fraction of sp³-hybridized carbons (Fsp3) is 0.545. The minimum Gasteiger partial charge on any atom is -0.469 e. The van der Waals surface area contributed by atoms with Crippen molar-refractivity contribution in [2.75, 3.05) is 13.7 Å². The van der Waals surface area contributed by atoms with Crippen LogP contribution in [0.2, 0.25) is 4.34 Å². The first-order valence-corrected chi connectivity index (χ1v) is 6.48. The molecule has 1 aromatic heterocycles. The summed E-state index contributed by atoms with van der Waals surface area (Å²) < 4.78 is 5.44. The Balaban J connectivity index is 1.86. The first kappa shape index (κ1) is 11.9. The van der Waals surface area contributed by atoms with Crippen LogP contribution in [0.1, 0.15) is 29.3 Å². The Kier molecular flexibility index (Phi) is 3.84. The van der Waals surface area contributed by atoms with E-state index in [9.17, 15) is 4.79 Å². The van der Waals surface area contributed by atoms with Gasteiger partial charge in [-0.15, -0.1) is 11.3 Å². The maximum Gasteiger partial charge on any atom is 0.306 e. The highest BCUT2D eigenvalue weighted by Crippen LogP contribution is 2.39. The van der Waals surface area contributed by atoms with E-state index in [4.69, 9.17) is 11.6 Å². The van der Waals surface area contributed by atoms with Gasteiger partial charge in [0.15, 0.2) is 0 Å². The highest BCUT2D eigenvalue weighted by Gasteiger charge is 2.24. The van der Waals surface area contributed by atoms with Crippen LogP contribution < -0.4 is 5.32 Å². The molecule has 1 aliphatic carbocycles. The Morgan fingerprint density at radius 3 is 3.31 bits per heavy atom. The quantitative estimate of drug-likeness (QED) is 0.845. The summed E-state index contributed by atoms with van der Waals surface area (Å²) in [4.78, 5) is 12.3. The van der Waals surface area contributed by atoms with Gasteiger partial charge in [0.2, 0.25) is 0 Å². The van der Waals surface area contributed by atoms with Crippen molar-refractivity contribution in [2.45, 2.75) is 25.3 Å². The monoisotopic (exact) mass is 259 g/mol. The highest BCUT2D eigenvalue weighted by atomic mass is 35.5. The number of hydrogen-bond acceptors (Lipinski definition) is 4. The number of halogens is 1. The summed E-state index contributed by atoms with van der Waals surface area (Å²) >= 11 is 7.63. The highest BCUT2D eigenvalue weighted by molar-refractivity contribution is 7.16. The van der Waals surface area contributed by atoms with E-state index in [-0.39, 0.29) is 5.97 Å². The molecule has 2 rings (SSSR count). The number of fused-ring (bicyclic) bond motifs is 1. The molecule has 1 aromatic rings. The van der Waals surface area contributed by atoms with E-state index in [1.54, 1.807) is 11.3 Å². The molecule has 1 unspecified atom stereocenters. The van der Waals surface area contributed by atoms with E-state index >= 15 is 0 Å². The van der Waals surface area contributed by atoms with E-state index in [0.29, 0.717) is 19.0 Å². The summed E-state index contributed by atoms with van der Waals surface area (Å²) in [6.07, 6.45) is 2.60. The predicted molar refractivity (Wildman–Crippen MR) is 65.0 cm³/mol. The number of hydrogen-bond donors (Lipinski definition) is 1. The molecule has 1 aliphatic rings. The number of rotatable bonds is 4. The van der Waals surface area contributed by atoms with Crippen molar-refractivity contribution in [3.63, 3.8) is 0 Å². The van der Waals surface area contributed by atoms with E-state index < -0.39 is 0 Å². The smallest absolute Gasteiger partial charge is 0.306 e. The molecule has 0 fully saturated rings. The molecule has 1 heterocycles. The third kappa shape index (κ3) is 2.56. The van der Waals surface area contributed by atoms with Crippen LogP contribution in [0.4, 0.5) is 0 Å². The van der Waals surface area contributed by atoms with Gasteiger partial charge >= 0.3 is 5.97 Å². The van der Waals surface area contributed by atoms with Crippen LogP contribution in [0.3, 0.4) is 0 Å². The first-order chi connectivity index (χ1) is 7.70. The van der Waals surface area contributed by atoms with Gasteiger partial charge in [0, 0.05) is 17.5 Å². The molecule has 0 saturated heterocycles.